The van der Waals surface area contributed by atoms with Crippen LogP contribution in [0.1, 0.15) is 42.2 Å². The SMILES string of the molecule is CCC1CC(F)(C(=O)O)CCN1C(=O)NCCNC(=O)c1cn(-c2ccccc2)nc1C(F)(F)F. The van der Waals surface area contributed by atoms with Gasteiger partial charge in [-0.05, 0) is 18.6 Å². The molecule has 2 heterocycles. The third-order valence-electron chi connectivity index (χ3n) is 5.80. The van der Waals surface area contributed by atoms with Gasteiger partial charge in [-0.15, -0.1) is 0 Å². The topological polar surface area (TPSA) is 117 Å². The number of urea groups is 1. The van der Waals surface area contributed by atoms with Gasteiger partial charge in [0.15, 0.2) is 5.69 Å². The number of carbonyl (C=O) groups excluding carboxylic acids is 2. The molecule has 0 spiro atoms. The predicted molar refractivity (Wildman–Crippen MR) is 116 cm³/mol. The zero-order valence-corrected chi connectivity index (χ0v) is 18.8. The maximum atomic E-state index is 14.5. The fourth-order valence-corrected chi connectivity index (χ4v) is 3.90. The summed E-state index contributed by atoms with van der Waals surface area (Å²) in [6.45, 7) is 1.32. The number of nitrogens with one attached hydrogen (secondary N) is 2. The number of hydrogen-bond acceptors (Lipinski definition) is 4. The van der Waals surface area contributed by atoms with Crippen molar-refractivity contribution in [2.75, 3.05) is 19.6 Å². The number of para-hydroxylation sites is 1. The summed E-state index contributed by atoms with van der Waals surface area (Å²) in [5.41, 5.74) is -4.06. The molecule has 190 valence electrons. The number of benzene rings is 1. The van der Waals surface area contributed by atoms with E-state index < -0.39 is 47.1 Å². The number of aliphatic carboxylic acids is 1. The average Bonchev–Trinajstić information content (AvgIpc) is 3.28. The van der Waals surface area contributed by atoms with E-state index in [0.717, 1.165) is 10.9 Å². The van der Waals surface area contributed by atoms with Crippen molar-refractivity contribution in [3.8, 4) is 5.69 Å². The van der Waals surface area contributed by atoms with Gasteiger partial charge in [0.1, 0.15) is 0 Å². The number of carbonyl (C=O) groups is 3. The molecule has 2 aromatic rings. The number of piperidine rings is 1. The Hall–Kier alpha value is -3.64. The third kappa shape index (κ3) is 5.89. The lowest BCUT2D eigenvalue weighted by Gasteiger charge is -2.40. The van der Waals surface area contributed by atoms with Crippen molar-refractivity contribution < 1.29 is 37.1 Å². The Morgan fingerprint density at radius 3 is 2.43 bits per heavy atom. The van der Waals surface area contributed by atoms with E-state index in [4.69, 9.17) is 5.11 Å². The van der Waals surface area contributed by atoms with Gasteiger partial charge in [0.25, 0.3) is 5.91 Å². The minimum atomic E-state index is -4.86. The maximum absolute atomic E-state index is 14.5. The molecule has 1 aliphatic rings. The highest BCUT2D eigenvalue weighted by atomic mass is 19.4. The molecule has 1 aromatic heterocycles. The number of nitrogens with zero attached hydrogens (tertiary/aromatic N) is 3. The Bertz CT molecular complexity index is 1080. The first-order valence-electron chi connectivity index (χ1n) is 10.9. The van der Waals surface area contributed by atoms with E-state index >= 15 is 0 Å². The average molecular weight is 499 g/mol. The lowest BCUT2D eigenvalue weighted by Crippen LogP contribution is -2.56. The molecule has 1 aromatic carbocycles. The zero-order valence-electron chi connectivity index (χ0n) is 18.8. The van der Waals surface area contributed by atoms with E-state index in [9.17, 15) is 31.9 Å². The van der Waals surface area contributed by atoms with Crippen LogP contribution in [0.2, 0.25) is 0 Å². The fraction of sp³-hybridized carbons (Fsp3) is 0.455. The second-order valence-electron chi connectivity index (χ2n) is 8.14. The van der Waals surface area contributed by atoms with E-state index in [1.54, 1.807) is 25.1 Å². The molecule has 13 heteroatoms. The van der Waals surface area contributed by atoms with E-state index in [1.807, 2.05) is 0 Å². The Balaban J connectivity index is 1.58. The molecule has 1 aliphatic heterocycles. The van der Waals surface area contributed by atoms with Gasteiger partial charge < -0.3 is 20.6 Å². The monoisotopic (exact) mass is 499 g/mol. The molecule has 3 N–H and O–H groups in total. The Kier molecular flexibility index (Phi) is 7.66. The zero-order chi connectivity index (χ0) is 25.8. The molecule has 0 radical (unpaired) electrons. The van der Waals surface area contributed by atoms with Crippen LogP contribution in [0.3, 0.4) is 0 Å². The molecule has 1 fully saturated rings. The number of amides is 3. The molecular formula is C22H25F4N5O4. The van der Waals surface area contributed by atoms with Crippen LogP contribution in [0.5, 0.6) is 0 Å². The molecule has 3 amide bonds. The van der Waals surface area contributed by atoms with E-state index in [-0.39, 0.29) is 32.5 Å². The van der Waals surface area contributed by atoms with Crippen molar-refractivity contribution in [3.05, 3.63) is 47.8 Å². The largest absolute Gasteiger partial charge is 0.479 e. The Morgan fingerprint density at radius 1 is 1.17 bits per heavy atom. The quantitative estimate of drug-likeness (QED) is 0.400. The molecule has 0 aliphatic carbocycles. The van der Waals surface area contributed by atoms with Gasteiger partial charge in [0.05, 0.1) is 11.3 Å². The lowest BCUT2D eigenvalue weighted by atomic mass is 9.87. The van der Waals surface area contributed by atoms with Crippen LogP contribution in [-0.4, -0.2) is 69.0 Å². The molecular weight excluding hydrogens is 474 g/mol. The highest BCUT2D eigenvalue weighted by Gasteiger charge is 2.46. The normalized spacial score (nSPS) is 20.4. The summed E-state index contributed by atoms with van der Waals surface area (Å²) in [5.74, 6) is -2.57. The van der Waals surface area contributed by atoms with Crippen LogP contribution in [0.25, 0.3) is 5.69 Å². The summed E-state index contributed by atoms with van der Waals surface area (Å²) < 4.78 is 55.7. The number of rotatable bonds is 7. The molecule has 3 rings (SSSR count). The summed E-state index contributed by atoms with van der Waals surface area (Å²) >= 11 is 0. The van der Waals surface area contributed by atoms with Crippen LogP contribution >= 0.6 is 0 Å². The predicted octanol–water partition coefficient (Wildman–Crippen LogP) is 3.00. The Labute approximate surface area is 198 Å². The van der Waals surface area contributed by atoms with Crippen LogP contribution < -0.4 is 10.6 Å². The number of hydrogen-bond donors (Lipinski definition) is 3. The van der Waals surface area contributed by atoms with E-state index in [1.165, 1.54) is 17.0 Å². The van der Waals surface area contributed by atoms with Crippen molar-refractivity contribution in [2.45, 2.75) is 44.1 Å². The van der Waals surface area contributed by atoms with Crippen molar-refractivity contribution >= 4 is 17.9 Å². The smallest absolute Gasteiger partial charge is 0.435 e. The molecule has 2 unspecified atom stereocenters. The van der Waals surface area contributed by atoms with Crippen molar-refractivity contribution in [2.24, 2.45) is 0 Å². The summed E-state index contributed by atoms with van der Waals surface area (Å²) in [7, 11) is 0. The van der Waals surface area contributed by atoms with Crippen LogP contribution in [-0.2, 0) is 11.0 Å². The highest BCUT2D eigenvalue weighted by molar-refractivity contribution is 5.95. The number of likely N-dealkylation sites (tertiary alicyclic amines) is 1. The van der Waals surface area contributed by atoms with Gasteiger partial charge in [-0.2, -0.15) is 18.3 Å². The minimum absolute atomic E-state index is 0.104. The fourth-order valence-electron chi connectivity index (χ4n) is 3.90. The minimum Gasteiger partial charge on any atom is -0.479 e. The number of carboxylic acids is 1. The van der Waals surface area contributed by atoms with Gasteiger partial charge in [-0.1, -0.05) is 25.1 Å². The molecule has 9 nitrogen and oxygen atoms in total. The number of halogens is 4. The van der Waals surface area contributed by atoms with Gasteiger partial charge in [0, 0.05) is 44.7 Å². The molecule has 1 saturated heterocycles. The van der Waals surface area contributed by atoms with Gasteiger partial charge in [0.2, 0.25) is 5.67 Å². The standard InChI is InChI=1S/C22H25F4N5O4/c1-2-14-12-21(23,19(33)34)8-11-30(14)20(35)28-10-9-27-18(32)16-13-31(15-6-4-3-5-7-15)29-17(16)22(24,25)26/h3-7,13-14H,2,8-12H2,1H3,(H,27,32)(H,28,35)(H,33,34). The second-order valence-corrected chi connectivity index (χ2v) is 8.14. The van der Waals surface area contributed by atoms with Gasteiger partial charge in [-0.3, -0.25) is 4.79 Å². The van der Waals surface area contributed by atoms with Gasteiger partial charge in [-0.25, -0.2) is 18.7 Å². The van der Waals surface area contributed by atoms with Crippen molar-refractivity contribution in [1.29, 1.82) is 0 Å². The van der Waals surface area contributed by atoms with Crippen LogP contribution in [0.15, 0.2) is 36.5 Å². The molecule has 35 heavy (non-hydrogen) atoms. The summed E-state index contributed by atoms with van der Waals surface area (Å²) in [6.07, 6.45) is -4.22. The maximum Gasteiger partial charge on any atom is 0.435 e. The Morgan fingerprint density at radius 2 is 1.83 bits per heavy atom. The second kappa shape index (κ2) is 10.3. The molecule has 0 saturated carbocycles. The molecule has 0 bridgehead atoms. The third-order valence-corrected chi connectivity index (χ3v) is 5.80. The summed E-state index contributed by atoms with van der Waals surface area (Å²) in [5, 5.41) is 17.4. The number of carboxylic acid groups (broad SMARTS) is 1. The van der Waals surface area contributed by atoms with E-state index in [2.05, 4.69) is 15.7 Å². The van der Waals surface area contributed by atoms with Crippen molar-refractivity contribution in [1.82, 2.24) is 25.3 Å². The van der Waals surface area contributed by atoms with Crippen LogP contribution in [0.4, 0.5) is 22.4 Å². The van der Waals surface area contributed by atoms with Crippen molar-refractivity contribution in [3.63, 3.8) is 0 Å². The summed E-state index contributed by atoms with van der Waals surface area (Å²) in [4.78, 5) is 37.4. The summed E-state index contributed by atoms with van der Waals surface area (Å²) in [6, 6.07) is 6.80. The lowest BCUT2D eigenvalue weighted by molar-refractivity contribution is -0.155. The number of aromatic nitrogens is 2. The first-order valence-corrected chi connectivity index (χ1v) is 10.9. The molecule has 2 atom stereocenters. The highest BCUT2D eigenvalue weighted by Crippen LogP contribution is 2.33. The first-order chi connectivity index (χ1) is 16.5. The number of alkyl halides is 4. The first kappa shape index (κ1) is 26.0. The van der Waals surface area contributed by atoms with E-state index in [0.29, 0.717) is 12.1 Å². The van der Waals surface area contributed by atoms with Gasteiger partial charge >= 0.3 is 18.2 Å². The van der Waals surface area contributed by atoms with Crippen LogP contribution in [0, 0.1) is 0 Å².